The molecule has 0 aliphatic heterocycles. The molecule has 0 heterocycles. The molecule has 3 amide bonds. The van der Waals surface area contributed by atoms with Crippen molar-refractivity contribution in [3.8, 4) is 0 Å². The average molecular weight is 375 g/mol. The number of hydrogen-bond donors (Lipinski definition) is 3. The third-order valence-corrected chi connectivity index (χ3v) is 4.85. The summed E-state index contributed by atoms with van der Waals surface area (Å²) in [6, 6.07) is 11.4. The quantitative estimate of drug-likeness (QED) is 0.722. The molecular formula is C18H21N3O4S. The maximum Gasteiger partial charge on any atom is 0.333 e. The largest absolute Gasteiger partial charge is 0.352 e. The summed E-state index contributed by atoms with van der Waals surface area (Å²) in [5, 5.41) is 5.17. The van der Waals surface area contributed by atoms with E-state index in [0.29, 0.717) is 17.8 Å². The van der Waals surface area contributed by atoms with Crippen LogP contribution in [0.2, 0.25) is 0 Å². The Morgan fingerprint density at radius 2 is 1.58 bits per heavy atom. The number of benzene rings is 2. The second kappa shape index (κ2) is 8.48. The van der Waals surface area contributed by atoms with Gasteiger partial charge in [0.05, 0.1) is 4.90 Å². The van der Waals surface area contributed by atoms with Crippen LogP contribution in [0.3, 0.4) is 0 Å². The van der Waals surface area contributed by atoms with Gasteiger partial charge >= 0.3 is 6.03 Å². The van der Waals surface area contributed by atoms with Crippen LogP contribution in [-0.2, 0) is 10.0 Å². The van der Waals surface area contributed by atoms with Gasteiger partial charge in [-0.25, -0.2) is 17.9 Å². The third-order valence-electron chi connectivity index (χ3n) is 3.50. The minimum absolute atomic E-state index is 0.00110. The van der Waals surface area contributed by atoms with Gasteiger partial charge in [0.25, 0.3) is 15.9 Å². The smallest absolute Gasteiger partial charge is 0.333 e. The summed E-state index contributed by atoms with van der Waals surface area (Å²) >= 11 is 0. The number of sulfonamides is 1. The molecule has 0 fully saturated rings. The average Bonchev–Trinajstić information content (AvgIpc) is 2.60. The number of urea groups is 1. The second-order valence-corrected chi connectivity index (χ2v) is 7.39. The molecule has 138 valence electrons. The van der Waals surface area contributed by atoms with E-state index < -0.39 is 16.1 Å². The number of rotatable bonds is 6. The lowest BCUT2D eigenvalue weighted by molar-refractivity contribution is 0.0953. The van der Waals surface area contributed by atoms with E-state index in [-0.39, 0.29) is 10.8 Å². The molecule has 0 bridgehead atoms. The first-order chi connectivity index (χ1) is 12.3. The maximum atomic E-state index is 12.2. The summed E-state index contributed by atoms with van der Waals surface area (Å²) in [6.07, 6.45) is 0.834. The van der Waals surface area contributed by atoms with E-state index >= 15 is 0 Å². The molecule has 0 saturated heterocycles. The summed E-state index contributed by atoms with van der Waals surface area (Å²) in [4.78, 5) is 23.8. The molecule has 0 aromatic heterocycles. The molecule has 2 aromatic carbocycles. The molecule has 0 unspecified atom stereocenters. The SMILES string of the molecule is CCCNC(=O)c1ccc(NC(=O)NS(=O)(=O)c2ccc(C)cc2)cc1. The standard InChI is InChI=1S/C18H21N3O4S/c1-3-12-19-17(22)14-6-8-15(9-7-14)20-18(23)21-26(24,25)16-10-4-13(2)5-11-16/h4-11H,3,12H2,1-2H3,(H,19,22)(H2,20,21,23). The summed E-state index contributed by atoms with van der Waals surface area (Å²) in [5.74, 6) is -0.204. The van der Waals surface area contributed by atoms with Gasteiger partial charge in [-0.05, 0) is 49.7 Å². The van der Waals surface area contributed by atoms with Crippen molar-refractivity contribution in [2.45, 2.75) is 25.2 Å². The zero-order chi connectivity index (χ0) is 19.2. The van der Waals surface area contributed by atoms with Gasteiger partial charge in [-0.15, -0.1) is 0 Å². The Labute approximate surface area is 152 Å². The molecular weight excluding hydrogens is 354 g/mol. The fourth-order valence-electron chi connectivity index (χ4n) is 2.10. The van der Waals surface area contributed by atoms with Crippen molar-refractivity contribution in [3.63, 3.8) is 0 Å². The number of hydrogen-bond acceptors (Lipinski definition) is 4. The molecule has 0 spiro atoms. The highest BCUT2D eigenvalue weighted by Gasteiger charge is 2.17. The Morgan fingerprint density at radius 3 is 2.15 bits per heavy atom. The lowest BCUT2D eigenvalue weighted by Gasteiger charge is -2.09. The number of aryl methyl sites for hydroxylation is 1. The molecule has 0 saturated carbocycles. The van der Waals surface area contributed by atoms with Gasteiger partial charge in [0.1, 0.15) is 0 Å². The Morgan fingerprint density at radius 1 is 0.962 bits per heavy atom. The number of carbonyl (C=O) groups is 2. The number of carbonyl (C=O) groups excluding carboxylic acids is 2. The monoisotopic (exact) mass is 375 g/mol. The van der Waals surface area contributed by atoms with Crippen molar-refractivity contribution in [2.75, 3.05) is 11.9 Å². The van der Waals surface area contributed by atoms with Crippen molar-refractivity contribution < 1.29 is 18.0 Å². The van der Waals surface area contributed by atoms with Gasteiger partial charge in [-0.2, -0.15) is 0 Å². The van der Waals surface area contributed by atoms with E-state index in [4.69, 9.17) is 0 Å². The molecule has 2 aromatic rings. The predicted molar refractivity (Wildman–Crippen MR) is 99.6 cm³/mol. The first-order valence-electron chi connectivity index (χ1n) is 8.10. The van der Waals surface area contributed by atoms with E-state index in [9.17, 15) is 18.0 Å². The fraction of sp³-hybridized carbons (Fsp3) is 0.222. The van der Waals surface area contributed by atoms with Crippen LogP contribution in [0.25, 0.3) is 0 Å². The minimum atomic E-state index is -3.95. The molecule has 2 rings (SSSR count). The molecule has 26 heavy (non-hydrogen) atoms. The van der Waals surface area contributed by atoms with Gasteiger partial charge in [-0.3, -0.25) is 4.79 Å². The summed E-state index contributed by atoms with van der Waals surface area (Å²) in [7, 11) is -3.95. The van der Waals surface area contributed by atoms with Crippen LogP contribution >= 0.6 is 0 Å². The van der Waals surface area contributed by atoms with Crippen molar-refractivity contribution in [3.05, 3.63) is 59.7 Å². The molecule has 0 aliphatic rings. The van der Waals surface area contributed by atoms with E-state index in [1.807, 2.05) is 18.6 Å². The fourth-order valence-corrected chi connectivity index (χ4v) is 3.01. The Hall–Kier alpha value is -2.87. The highest BCUT2D eigenvalue weighted by molar-refractivity contribution is 7.90. The maximum absolute atomic E-state index is 12.2. The zero-order valence-corrected chi connectivity index (χ0v) is 15.4. The van der Waals surface area contributed by atoms with Crippen LogP contribution in [0, 0.1) is 6.92 Å². The zero-order valence-electron chi connectivity index (χ0n) is 14.6. The van der Waals surface area contributed by atoms with Crippen LogP contribution in [-0.4, -0.2) is 26.9 Å². The summed E-state index contributed by atoms with van der Waals surface area (Å²) in [6.45, 7) is 4.37. The Kier molecular flexibility index (Phi) is 6.35. The van der Waals surface area contributed by atoms with Crippen LogP contribution in [0.5, 0.6) is 0 Å². The van der Waals surface area contributed by atoms with Crippen molar-refractivity contribution in [1.82, 2.24) is 10.0 Å². The van der Waals surface area contributed by atoms with Crippen LogP contribution in [0.1, 0.15) is 29.3 Å². The van der Waals surface area contributed by atoms with Gasteiger partial charge in [0, 0.05) is 17.8 Å². The molecule has 0 atom stereocenters. The van der Waals surface area contributed by atoms with Crippen LogP contribution in [0.15, 0.2) is 53.4 Å². The van der Waals surface area contributed by atoms with Gasteiger partial charge < -0.3 is 10.6 Å². The molecule has 7 nitrogen and oxygen atoms in total. The Balaban J connectivity index is 1.99. The van der Waals surface area contributed by atoms with Crippen LogP contribution in [0.4, 0.5) is 10.5 Å². The van der Waals surface area contributed by atoms with E-state index in [1.165, 1.54) is 24.3 Å². The molecule has 8 heteroatoms. The van der Waals surface area contributed by atoms with E-state index in [2.05, 4.69) is 10.6 Å². The highest BCUT2D eigenvalue weighted by Crippen LogP contribution is 2.12. The summed E-state index contributed by atoms with van der Waals surface area (Å²) in [5.41, 5.74) is 1.74. The van der Waals surface area contributed by atoms with Gasteiger partial charge in [0.15, 0.2) is 0 Å². The van der Waals surface area contributed by atoms with E-state index in [0.717, 1.165) is 12.0 Å². The van der Waals surface area contributed by atoms with Crippen molar-refractivity contribution in [2.24, 2.45) is 0 Å². The minimum Gasteiger partial charge on any atom is -0.352 e. The van der Waals surface area contributed by atoms with Gasteiger partial charge in [-0.1, -0.05) is 24.6 Å². The lowest BCUT2D eigenvalue weighted by Crippen LogP contribution is -2.34. The van der Waals surface area contributed by atoms with Gasteiger partial charge in [0.2, 0.25) is 0 Å². The third kappa shape index (κ3) is 5.32. The normalized spacial score (nSPS) is 10.8. The van der Waals surface area contributed by atoms with E-state index in [1.54, 1.807) is 24.3 Å². The predicted octanol–water partition coefficient (Wildman–Crippen LogP) is 2.65. The lowest BCUT2D eigenvalue weighted by atomic mass is 10.2. The molecule has 0 aliphatic carbocycles. The number of nitrogens with one attached hydrogen (secondary N) is 3. The van der Waals surface area contributed by atoms with Crippen molar-refractivity contribution in [1.29, 1.82) is 0 Å². The Bertz CT molecular complexity index is 876. The number of anilines is 1. The topological polar surface area (TPSA) is 104 Å². The first-order valence-corrected chi connectivity index (χ1v) is 9.59. The molecule has 0 radical (unpaired) electrons. The number of amides is 3. The molecule has 3 N–H and O–H groups in total. The van der Waals surface area contributed by atoms with Crippen molar-refractivity contribution >= 4 is 27.6 Å². The highest BCUT2D eigenvalue weighted by atomic mass is 32.2. The van der Waals surface area contributed by atoms with Crippen LogP contribution < -0.4 is 15.4 Å². The second-order valence-electron chi connectivity index (χ2n) is 5.71. The summed E-state index contributed by atoms with van der Waals surface area (Å²) < 4.78 is 26.3. The first kappa shape index (κ1) is 19.5.